The highest BCUT2D eigenvalue weighted by molar-refractivity contribution is 7.88. The molecule has 19 heavy (non-hydrogen) atoms. The molecule has 0 N–H and O–H groups in total. The van der Waals surface area contributed by atoms with Crippen LogP contribution >= 0.6 is 0 Å². The Hall–Kier alpha value is -0.170. The van der Waals surface area contributed by atoms with Crippen LogP contribution in [0.3, 0.4) is 0 Å². The van der Waals surface area contributed by atoms with E-state index in [0.717, 1.165) is 12.8 Å². The van der Waals surface area contributed by atoms with Gasteiger partial charge in [-0.05, 0) is 39.5 Å². The van der Waals surface area contributed by atoms with Gasteiger partial charge >= 0.3 is 0 Å². The SMILES string of the molecule is CCCCOS(=O)(=O)C1(C[C@@H]2COC(C)(C)O2)CC1. The Kier molecular flexibility index (Phi) is 4.26. The van der Waals surface area contributed by atoms with Gasteiger partial charge in [-0.15, -0.1) is 0 Å². The fourth-order valence-electron chi connectivity index (χ4n) is 2.41. The summed E-state index contributed by atoms with van der Waals surface area (Å²) < 4.78 is 40.0. The first kappa shape index (κ1) is 15.2. The summed E-state index contributed by atoms with van der Waals surface area (Å²) >= 11 is 0. The fraction of sp³-hybridized carbons (Fsp3) is 1.00. The van der Waals surface area contributed by atoms with Gasteiger partial charge in [0.25, 0.3) is 10.1 Å². The third kappa shape index (κ3) is 3.48. The maximum Gasteiger partial charge on any atom is 0.273 e. The Morgan fingerprint density at radius 2 is 2.00 bits per heavy atom. The second kappa shape index (κ2) is 5.31. The predicted molar refractivity (Wildman–Crippen MR) is 71.3 cm³/mol. The second-order valence-electron chi connectivity index (χ2n) is 5.97. The lowest BCUT2D eigenvalue weighted by Crippen LogP contribution is -2.32. The molecule has 2 fully saturated rings. The molecular formula is C13H24O5S. The molecular weight excluding hydrogens is 268 g/mol. The molecule has 2 rings (SSSR count). The molecule has 1 heterocycles. The molecule has 0 bridgehead atoms. The highest BCUT2D eigenvalue weighted by atomic mass is 32.2. The van der Waals surface area contributed by atoms with Gasteiger partial charge in [0.1, 0.15) is 4.75 Å². The van der Waals surface area contributed by atoms with Crippen molar-refractivity contribution >= 4 is 10.1 Å². The highest BCUT2D eigenvalue weighted by Crippen LogP contribution is 2.49. The molecule has 5 nitrogen and oxygen atoms in total. The lowest BCUT2D eigenvalue weighted by molar-refractivity contribution is -0.139. The molecule has 2 aliphatic rings. The molecule has 1 aliphatic heterocycles. The Morgan fingerprint density at radius 3 is 2.47 bits per heavy atom. The van der Waals surface area contributed by atoms with Crippen molar-refractivity contribution in [1.29, 1.82) is 0 Å². The van der Waals surface area contributed by atoms with Gasteiger partial charge in [-0.25, -0.2) is 0 Å². The van der Waals surface area contributed by atoms with E-state index in [1.54, 1.807) is 0 Å². The van der Waals surface area contributed by atoms with Crippen LogP contribution in [0.5, 0.6) is 0 Å². The number of rotatable bonds is 7. The molecule has 1 saturated carbocycles. The summed E-state index contributed by atoms with van der Waals surface area (Å²) in [4.78, 5) is 0. The van der Waals surface area contributed by atoms with Gasteiger partial charge in [-0.2, -0.15) is 8.42 Å². The molecule has 1 atom stereocenters. The van der Waals surface area contributed by atoms with Gasteiger partial charge in [0.2, 0.25) is 0 Å². The topological polar surface area (TPSA) is 61.8 Å². The van der Waals surface area contributed by atoms with E-state index in [1.165, 1.54) is 0 Å². The Bertz CT molecular complexity index is 411. The van der Waals surface area contributed by atoms with Gasteiger partial charge < -0.3 is 9.47 Å². The van der Waals surface area contributed by atoms with Gasteiger partial charge in [-0.1, -0.05) is 13.3 Å². The van der Waals surface area contributed by atoms with Crippen LogP contribution in [-0.2, 0) is 23.8 Å². The van der Waals surface area contributed by atoms with Crippen molar-refractivity contribution in [3.8, 4) is 0 Å². The van der Waals surface area contributed by atoms with Crippen molar-refractivity contribution in [1.82, 2.24) is 0 Å². The van der Waals surface area contributed by atoms with Crippen molar-refractivity contribution in [2.75, 3.05) is 13.2 Å². The van der Waals surface area contributed by atoms with E-state index in [-0.39, 0.29) is 12.7 Å². The van der Waals surface area contributed by atoms with Crippen LogP contribution in [-0.4, -0.2) is 38.3 Å². The maximum atomic E-state index is 12.2. The molecule has 1 saturated heterocycles. The first-order valence-electron chi connectivity index (χ1n) is 7.01. The van der Waals surface area contributed by atoms with Crippen LogP contribution in [0, 0.1) is 0 Å². The summed E-state index contributed by atoms with van der Waals surface area (Å²) in [5.74, 6) is -0.604. The van der Waals surface area contributed by atoms with Crippen molar-refractivity contribution in [2.24, 2.45) is 0 Å². The van der Waals surface area contributed by atoms with E-state index in [9.17, 15) is 8.42 Å². The number of hydrogen-bond donors (Lipinski definition) is 0. The van der Waals surface area contributed by atoms with E-state index in [1.807, 2.05) is 20.8 Å². The zero-order chi connectivity index (χ0) is 14.1. The second-order valence-corrected chi connectivity index (χ2v) is 7.98. The Morgan fingerprint density at radius 1 is 1.32 bits per heavy atom. The molecule has 0 aromatic heterocycles. The van der Waals surface area contributed by atoms with Crippen molar-refractivity contribution < 1.29 is 22.1 Å². The molecule has 1 aliphatic carbocycles. The lowest BCUT2D eigenvalue weighted by atomic mass is 10.2. The van der Waals surface area contributed by atoms with Gasteiger partial charge in [0.15, 0.2) is 5.79 Å². The van der Waals surface area contributed by atoms with Crippen LogP contribution in [0.15, 0.2) is 0 Å². The summed E-state index contributed by atoms with van der Waals surface area (Å²) in [6.45, 7) is 6.44. The van der Waals surface area contributed by atoms with Crippen LogP contribution in [0.4, 0.5) is 0 Å². The van der Waals surface area contributed by atoms with E-state index in [2.05, 4.69) is 0 Å². The lowest BCUT2D eigenvalue weighted by Gasteiger charge is -2.21. The quantitative estimate of drug-likeness (QED) is 0.532. The van der Waals surface area contributed by atoms with Gasteiger partial charge in [-0.3, -0.25) is 4.18 Å². The Labute approximate surface area is 115 Å². The predicted octanol–water partition coefficient (Wildman–Crippen LogP) is 2.21. The van der Waals surface area contributed by atoms with Gasteiger partial charge in [0, 0.05) is 0 Å². The van der Waals surface area contributed by atoms with E-state index >= 15 is 0 Å². The minimum absolute atomic E-state index is 0.151. The smallest absolute Gasteiger partial charge is 0.273 e. The zero-order valence-electron chi connectivity index (χ0n) is 12.0. The highest BCUT2D eigenvalue weighted by Gasteiger charge is 2.57. The van der Waals surface area contributed by atoms with E-state index in [0.29, 0.717) is 25.9 Å². The molecule has 112 valence electrons. The third-order valence-electron chi connectivity index (χ3n) is 3.74. The fourth-order valence-corrected chi connectivity index (χ4v) is 3.99. The molecule has 6 heteroatoms. The molecule has 0 amide bonds. The normalized spacial score (nSPS) is 28.5. The zero-order valence-corrected chi connectivity index (χ0v) is 12.8. The minimum Gasteiger partial charge on any atom is -0.348 e. The summed E-state index contributed by atoms with van der Waals surface area (Å²) in [7, 11) is -3.48. The number of hydrogen-bond acceptors (Lipinski definition) is 5. The average molecular weight is 292 g/mol. The van der Waals surface area contributed by atoms with Crippen molar-refractivity contribution in [3.63, 3.8) is 0 Å². The summed E-state index contributed by atoms with van der Waals surface area (Å²) in [6.07, 6.45) is 3.36. The summed E-state index contributed by atoms with van der Waals surface area (Å²) in [5, 5.41) is 0. The third-order valence-corrected chi connectivity index (χ3v) is 5.85. The van der Waals surface area contributed by atoms with Crippen LogP contribution in [0.25, 0.3) is 0 Å². The van der Waals surface area contributed by atoms with Crippen LogP contribution in [0.1, 0.15) is 52.9 Å². The number of ether oxygens (including phenoxy) is 2. The maximum absolute atomic E-state index is 12.2. The first-order valence-corrected chi connectivity index (χ1v) is 8.42. The van der Waals surface area contributed by atoms with Crippen molar-refractivity contribution in [3.05, 3.63) is 0 Å². The molecule has 0 radical (unpaired) electrons. The number of unbranched alkanes of at least 4 members (excludes halogenated alkanes) is 1. The molecule has 0 unspecified atom stereocenters. The van der Waals surface area contributed by atoms with E-state index in [4.69, 9.17) is 13.7 Å². The Balaban J connectivity index is 1.92. The van der Waals surface area contributed by atoms with Crippen LogP contribution < -0.4 is 0 Å². The monoisotopic (exact) mass is 292 g/mol. The summed E-state index contributed by atoms with van der Waals surface area (Å²) in [5.41, 5.74) is 0. The van der Waals surface area contributed by atoms with E-state index < -0.39 is 20.7 Å². The largest absolute Gasteiger partial charge is 0.348 e. The first-order chi connectivity index (χ1) is 8.80. The molecule has 0 aromatic carbocycles. The molecule has 0 spiro atoms. The van der Waals surface area contributed by atoms with Crippen LogP contribution in [0.2, 0.25) is 0 Å². The average Bonchev–Trinajstić information content (AvgIpc) is 3.00. The standard InChI is InChI=1S/C13H24O5S/c1-4-5-8-17-19(14,15)13(6-7-13)9-11-10-16-12(2,3)18-11/h11H,4-10H2,1-3H3/t11-/m1/s1. The minimum atomic E-state index is -3.48. The molecule has 0 aromatic rings. The summed E-state index contributed by atoms with van der Waals surface area (Å²) in [6, 6.07) is 0. The van der Waals surface area contributed by atoms with Crippen molar-refractivity contribution in [2.45, 2.75) is 69.5 Å². The van der Waals surface area contributed by atoms with Gasteiger partial charge in [0.05, 0.1) is 19.3 Å².